The number of benzene rings is 1. The Morgan fingerprint density at radius 3 is 2.78 bits per heavy atom. The molecule has 10 heteroatoms. The van der Waals surface area contributed by atoms with Crippen molar-refractivity contribution in [2.45, 2.75) is 18.9 Å². The number of sulfonamides is 1. The van der Waals surface area contributed by atoms with Crippen molar-refractivity contribution in [3.8, 4) is 22.8 Å². The molecule has 8 nitrogen and oxygen atoms in total. The van der Waals surface area contributed by atoms with E-state index in [-0.39, 0.29) is 5.91 Å². The summed E-state index contributed by atoms with van der Waals surface area (Å²) in [5, 5.41) is 4.94. The highest BCUT2D eigenvalue weighted by Crippen LogP contribution is 2.35. The van der Waals surface area contributed by atoms with Crippen molar-refractivity contribution in [1.29, 1.82) is 0 Å². The third kappa shape index (κ3) is 4.23. The molecule has 1 atom stereocenters. The van der Waals surface area contributed by atoms with Crippen molar-refractivity contribution in [1.82, 2.24) is 9.29 Å². The van der Waals surface area contributed by atoms with Crippen LogP contribution in [0.5, 0.6) is 11.5 Å². The van der Waals surface area contributed by atoms with Crippen LogP contribution >= 0.6 is 11.3 Å². The Morgan fingerprint density at radius 2 is 2.11 bits per heavy atom. The van der Waals surface area contributed by atoms with E-state index in [2.05, 4.69) is 10.3 Å². The van der Waals surface area contributed by atoms with Gasteiger partial charge in [0.2, 0.25) is 15.9 Å². The maximum absolute atomic E-state index is 12.5. The van der Waals surface area contributed by atoms with E-state index >= 15 is 0 Å². The summed E-state index contributed by atoms with van der Waals surface area (Å²) in [6.45, 7) is 0.362. The molecule has 1 amide bonds. The van der Waals surface area contributed by atoms with Crippen LogP contribution in [-0.4, -0.2) is 56.7 Å². The zero-order valence-electron chi connectivity index (χ0n) is 15.3. The molecule has 0 saturated carbocycles. The van der Waals surface area contributed by atoms with Crippen molar-refractivity contribution >= 4 is 32.4 Å². The number of nitrogens with one attached hydrogen (secondary N) is 1. The molecule has 1 aliphatic heterocycles. The fraction of sp³-hybridized carbons (Fsp3) is 0.412. The van der Waals surface area contributed by atoms with Gasteiger partial charge in [0.25, 0.3) is 0 Å². The molecule has 0 aliphatic carbocycles. The molecule has 1 fully saturated rings. The normalized spacial score (nSPS) is 17.7. The minimum absolute atomic E-state index is 0.362. The Hall–Kier alpha value is -2.17. The molecule has 2 aromatic rings. The number of aromatic nitrogens is 1. The number of nitrogens with zero attached hydrogens (tertiary/aromatic N) is 2. The van der Waals surface area contributed by atoms with Gasteiger partial charge in [-0.05, 0) is 31.0 Å². The molecule has 1 aromatic heterocycles. The number of hydrogen-bond acceptors (Lipinski definition) is 7. The Morgan fingerprint density at radius 1 is 1.33 bits per heavy atom. The number of carbonyl (C=O) groups excluding carboxylic acids is 1. The zero-order valence-corrected chi connectivity index (χ0v) is 16.9. The van der Waals surface area contributed by atoms with Crippen molar-refractivity contribution in [2.24, 2.45) is 0 Å². The smallest absolute Gasteiger partial charge is 0.244 e. The summed E-state index contributed by atoms with van der Waals surface area (Å²) in [6.07, 6.45) is 2.28. The first kappa shape index (κ1) is 19.6. The van der Waals surface area contributed by atoms with Crippen LogP contribution in [0.3, 0.4) is 0 Å². The van der Waals surface area contributed by atoms with Gasteiger partial charge in [-0.1, -0.05) is 0 Å². The minimum atomic E-state index is -3.42. The number of carbonyl (C=O) groups is 1. The fourth-order valence-electron chi connectivity index (χ4n) is 3.06. The Kier molecular flexibility index (Phi) is 5.68. The zero-order chi connectivity index (χ0) is 19.6. The summed E-state index contributed by atoms with van der Waals surface area (Å²) in [6, 6.07) is 4.69. The van der Waals surface area contributed by atoms with Gasteiger partial charge in [-0.15, -0.1) is 11.3 Å². The van der Waals surface area contributed by atoms with E-state index in [0.717, 1.165) is 11.8 Å². The van der Waals surface area contributed by atoms with Gasteiger partial charge < -0.3 is 14.8 Å². The van der Waals surface area contributed by atoms with Crippen LogP contribution in [0.4, 0.5) is 5.13 Å². The monoisotopic (exact) mass is 411 g/mol. The molecule has 0 spiro atoms. The average Bonchev–Trinajstić information content (AvgIpc) is 3.30. The Balaban J connectivity index is 1.80. The van der Waals surface area contributed by atoms with Gasteiger partial charge in [-0.3, -0.25) is 4.79 Å². The quantitative estimate of drug-likeness (QED) is 0.783. The second kappa shape index (κ2) is 7.83. The van der Waals surface area contributed by atoms with Gasteiger partial charge >= 0.3 is 0 Å². The number of rotatable bonds is 6. The molecule has 1 aliphatic rings. The van der Waals surface area contributed by atoms with Crippen LogP contribution in [0.25, 0.3) is 11.3 Å². The third-order valence-corrected chi connectivity index (χ3v) is 6.40. The lowest BCUT2D eigenvalue weighted by atomic mass is 10.1. The largest absolute Gasteiger partial charge is 0.497 e. The van der Waals surface area contributed by atoms with Crippen LogP contribution in [-0.2, 0) is 14.8 Å². The molecule has 1 saturated heterocycles. The molecular weight excluding hydrogens is 390 g/mol. The number of thiazole rings is 1. The molecule has 146 valence electrons. The molecule has 1 N–H and O–H groups in total. The number of anilines is 1. The van der Waals surface area contributed by atoms with Crippen molar-refractivity contribution in [3.63, 3.8) is 0 Å². The van der Waals surface area contributed by atoms with Crippen LogP contribution in [0.2, 0.25) is 0 Å². The van der Waals surface area contributed by atoms with Crippen molar-refractivity contribution < 1.29 is 22.7 Å². The Labute approximate surface area is 162 Å². The fourth-order valence-corrected chi connectivity index (χ4v) is 4.89. The van der Waals surface area contributed by atoms with E-state index < -0.39 is 16.1 Å². The standard InChI is InChI=1S/C17H21N3O5S2/c1-24-11-6-7-15(25-2)12(9-11)13-10-26-17(18-13)19-16(21)14-5-4-8-20(14)27(3,22)23/h6-7,9-10,14H,4-5,8H2,1-3H3,(H,18,19,21). The summed E-state index contributed by atoms with van der Waals surface area (Å²) in [7, 11) is -0.272. The van der Waals surface area contributed by atoms with Gasteiger partial charge in [0.1, 0.15) is 17.5 Å². The van der Waals surface area contributed by atoms with E-state index in [1.807, 2.05) is 6.07 Å². The number of amides is 1. The number of hydrogen-bond donors (Lipinski definition) is 1. The first-order valence-electron chi connectivity index (χ1n) is 8.29. The van der Waals surface area contributed by atoms with Crippen molar-refractivity contribution in [2.75, 3.05) is 32.3 Å². The molecule has 27 heavy (non-hydrogen) atoms. The van der Waals surface area contributed by atoms with E-state index in [1.54, 1.807) is 31.7 Å². The predicted octanol–water partition coefficient (Wildman–Crippen LogP) is 2.19. The van der Waals surface area contributed by atoms with Crippen LogP contribution in [0, 0.1) is 0 Å². The highest BCUT2D eigenvalue weighted by molar-refractivity contribution is 7.88. The summed E-state index contributed by atoms with van der Waals surface area (Å²) in [5.41, 5.74) is 1.38. The summed E-state index contributed by atoms with van der Waals surface area (Å²) in [5.74, 6) is 0.939. The summed E-state index contributed by atoms with van der Waals surface area (Å²) >= 11 is 1.27. The predicted molar refractivity (Wildman–Crippen MR) is 104 cm³/mol. The lowest BCUT2D eigenvalue weighted by Crippen LogP contribution is -2.42. The topological polar surface area (TPSA) is 97.8 Å². The first-order chi connectivity index (χ1) is 12.8. The molecule has 2 heterocycles. The third-order valence-electron chi connectivity index (χ3n) is 4.35. The van der Waals surface area contributed by atoms with Crippen LogP contribution in [0.15, 0.2) is 23.6 Å². The maximum Gasteiger partial charge on any atom is 0.244 e. The van der Waals surface area contributed by atoms with E-state index in [4.69, 9.17) is 9.47 Å². The molecule has 0 bridgehead atoms. The second-order valence-electron chi connectivity index (χ2n) is 6.13. The highest BCUT2D eigenvalue weighted by atomic mass is 32.2. The van der Waals surface area contributed by atoms with Crippen LogP contribution < -0.4 is 14.8 Å². The number of ether oxygens (including phenoxy) is 2. The SMILES string of the molecule is COc1ccc(OC)c(-c2csc(NC(=O)C3CCCN3S(C)(=O)=O)n2)c1. The van der Waals surface area contributed by atoms with Gasteiger partial charge in [0, 0.05) is 17.5 Å². The molecule has 3 rings (SSSR count). The molecule has 1 unspecified atom stereocenters. The van der Waals surface area contributed by atoms with Gasteiger partial charge in [0.05, 0.1) is 26.2 Å². The van der Waals surface area contributed by atoms with Gasteiger partial charge in [-0.25, -0.2) is 13.4 Å². The lowest BCUT2D eigenvalue weighted by molar-refractivity contribution is -0.119. The Bertz CT molecular complexity index is 942. The maximum atomic E-state index is 12.5. The average molecular weight is 412 g/mol. The van der Waals surface area contributed by atoms with Gasteiger partial charge in [0.15, 0.2) is 5.13 Å². The minimum Gasteiger partial charge on any atom is -0.497 e. The molecule has 0 radical (unpaired) electrons. The van der Waals surface area contributed by atoms with Gasteiger partial charge in [-0.2, -0.15) is 4.31 Å². The highest BCUT2D eigenvalue weighted by Gasteiger charge is 2.36. The van der Waals surface area contributed by atoms with Crippen LogP contribution in [0.1, 0.15) is 12.8 Å². The van der Waals surface area contributed by atoms with Crippen molar-refractivity contribution in [3.05, 3.63) is 23.6 Å². The number of methoxy groups -OCH3 is 2. The first-order valence-corrected chi connectivity index (χ1v) is 11.0. The summed E-state index contributed by atoms with van der Waals surface area (Å²) in [4.78, 5) is 17.0. The summed E-state index contributed by atoms with van der Waals surface area (Å²) < 4.78 is 35.5. The lowest BCUT2D eigenvalue weighted by Gasteiger charge is -2.20. The van der Waals surface area contributed by atoms with E-state index in [9.17, 15) is 13.2 Å². The molecular formula is C17H21N3O5S2. The van der Waals surface area contributed by atoms with E-state index in [1.165, 1.54) is 15.6 Å². The molecule has 1 aromatic carbocycles. The van der Waals surface area contributed by atoms with E-state index in [0.29, 0.717) is 41.7 Å². The second-order valence-corrected chi connectivity index (χ2v) is 8.92.